The van der Waals surface area contributed by atoms with Gasteiger partial charge in [-0.2, -0.15) is 0 Å². The SMILES string of the molecule is O=C(O)C1CC=CCC1C(=O)NC1CCOCC1. The van der Waals surface area contributed by atoms with E-state index in [2.05, 4.69) is 5.32 Å². The van der Waals surface area contributed by atoms with Gasteiger partial charge >= 0.3 is 5.97 Å². The lowest BCUT2D eigenvalue weighted by Gasteiger charge is -2.28. The second-order valence-electron chi connectivity index (χ2n) is 4.89. The largest absolute Gasteiger partial charge is 0.481 e. The van der Waals surface area contributed by atoms with Crippen LogP contribution in [-0.2, 0) is 14.3 Å². The summed E-state index contributed by atoms with van der Waals surface area (Å²) in [5, 5.41) is 12.1. The molecule has 18 heavy (non-hydrogen) atoms. The summed E-state index contributed by atoms with van der Waals surface area (Å²) < 4.78 is 5.23. The molecule has 0 aromatic rings. The summed E-state index contributed by atoms with van der Waals surface area (Å²) in [6.45, 7) is 1.33. The molecule has 1 heterocycles. The van der Waals surface area contributed by atoms with E-state index in [4.69, 9.17) is 9.84 Å². The van der Waals surface area contributed by atoms with Gasteiger partial charge in [0.15, 0.2) is 0 Å². The number of carbonyl (C=O) groups is 2. The van der Waals surface area contributed by atoms with Crippen molar-refractivity contribution in [1.82, 2.24) is 5.32 Å². The highest BCUT2D eigenvalue weighted by atomic mass is 16.5. The zero-order valence-corrected chi connectivity index (χ0v) is 10.3. The number of amides is 1. The van der Waals surface area contributed by atoms with E-state index in [-0.39, 0.29) is 11.9 Å². The predicted octanol–water partition coefficient (Wildman–Crippen LogP) is 0.949. The highest BCUT2D eigenvalue weighted by molar-refractivity contribution is 5.85. The molecule has 2 unspecified atom stereocenters. The van der Waals surface area contributed by atoms with Gasteiger partial charge in [0.05, 0.1) is 11.8 Å². The topological polar surface area (TPSA) is 75.6 Å². The van der Waals surface area contributed by atoms with Gasteiger partial charge in [0.1, 0.15) is 0 Å². The van der Waals surface area contributed by atoms with Crippen molar-refractivity contribution in [2.75, 3.05) is 13.2 Å². The van der Waals surface area contributed by atoms with Crippen molar-refractivity contribution in [3.63, 3.8) is 0 Å². The first-order valence-electron chi connectivity index (χ1n) is 6.44. The number of aliphatic carboxylic acids is 1. The van der Waals surface area contributed by atoms with Crippen molar-refractivity contribution >= 4 is 11.9 Å². The van der Waals surface area contributed by atoms with E-state index in [9.17, 15) is 9.59 Å². The Balaban J connectivity index is 1.93. The molecule has 5 nitrogen and oxygen atoms in total. The highest BCUT2D eigenvalue weighted by Gasteiger charge is 2.34. The molecule has 1 fully saturated rings. The van der Waals surface area contributed by atoms with Gasteiger partial charge in [0, 0.05) is 19.3 Å². The Hall–Kier alpha value is -1.36. The first-order chi connectivity index (χ1) is 8.68. The van der Waals surface area contributed by atoms with Crippen molar-refractivity contribution in [2.24, 2.45) is 11.8 Å². The van der Waals surface area contributed by atoms with Crippen molar-refractivity contribution < 1.29 is 19.4 Å². The normalized spacial score (nSPS) is 28.9. The number of nitrogens with one attached hydrogen (secondary N) is 1. The molecule has 1 amide bonds. The maximum atomic E-state index is 12.1. The van der Waals surface area contributed by atoms with Gasteiger partial charge in [-0.05, 0) is 25.7 Å². The number of allylic oxidation sites excluding steroid dienone is 2. The molecule has 0 bridgehead atoms. The molecular formula is C13H19NO4. The van der Waals surface area contributed by atoms with E-state index in [0.717, 1.165) is 12.8 Å². The van der Waals surface area contributed by atoms with Gasteiger partial charge in [0.2, 0.25) is 5.91 Å². The monoisotopic (exact) mass is 253 g/mol. The summed E-state index contributed by atoms with van der Waals surface area (Å²) in [5.41, 5.74) is 0. The quantitative estimate of drug-likeness (QED) is 0.734. The molecule has 0 radical (unpaired) electrons. The van der Waals surface area contributed by atoms with Crippen LogP contribution in [0, 0.1) is 11.8 Å². The van der Waals surface area contributed by atoms with Gasteiger partial charge in [-0.3, -0.25) is 9.59 Å². The van der Waals surface area contributed by atoms with Crippen LogP contribution < -0.4 is 5.32 Å². The maximum absolute atomic E-state index is 12.1. The highest BCUT2D eigenvalue weighted by Crippen LogP contribution is 2.26. The van der Waals surface area contributed by atoms with Crippen LogP contribution in [0.1, 0.15) is 25.7 Å². The molecule has 2 atom stereocenters. The van der Waals surface area contributed by atoms with Crippen LogP contribution in [0.2, 0.25) is 0 Å². The summed E-state index contributed by atoms with van der Waals surface area (Å²) >= 11 is 0. The van der Waals surface area contributed by atoms with E-state index in [1.807, 2.05) is 12.2 Å². The zero-order valence-electron chi connectivity index (χ0n) is 10.3. The number of rotatable bonds is 3. The van der Waals surface area contributed by atoms with Crippen LogP contribution in [0.25, 0.3) is 0 Å². The fourth-order valence-electron chi connectivity index (χ4n) is 2.53. The third kappa shape index (κ3) is 3.10. The standard InChI is InChI=1S/C13H19NO4/c15-12(14-9-5-7-18-8-6-9)10-3-1-2-4-11(10)13(16)17/h1-2,9-11H,3-8H2,(H,14,15)(H,16,17). The Morgan fingerprint density at radius 1 is 1.11 bits per heavy atom. The molecule has 5 heteroatoms. The van der Waals surface area contributed by atoms with Gasteiger partial charge in [0.25, 0.3) is 0 Å². The molecule has 0 spiro atoms. The van der Waals surface area contributed by atoms with Crippen molar-refractivity contribution in [2.45, 2.75) is 31.7 Å². The number of hydrogen-bond acceptors (Lipinski definition) is 3. The molecule has 2 N–H and O–H groups in total. The number of carbonyl (C=O) groups excluding carboxylic acids is 1. The Kier molecular flexibility index (Phi) is 4.36. The Bertz CT molecular complexity index is 347. The first-order valence-corrected chi connectivity index (χ1v) is 6.44. The van der Waals surface area contributed by atoms with Crippen molar-refractivity contribution in [3.05, 3.63) is 12.2 Å². The van der Waals surface area contributed by atoms with Crippen LogP contribution >= 0.6 is 0 Å². The van der Waals surface area contributed by atoms with E-state index in [1.54, 1.807) is 0 Å². The second kappa shape index (κ2) is 6.00. The molecule has 0 aromatic heterocycles. The average molecular weight is 253 g/mol. The average Bonchev–Trinajstić information content (AvgIpc) is 2.40. The molecule has 1 saturated heterocycles. The lowest BCUT2D eigenvalue weighted by molar-refractivity contribution is -0.147. The van der Waals surface area contributed by atoms with Crippen LogP contribution in [0.3, 0.4) is 0 Å². The summed E-state index contributed by atoms with van der Waals surface area (Å²) in [6.07, 6.45) is 6.33. The summed E-state index contributed by atoms with van der Waals surface area (Å²) in [5.74, 6) is -2.03. The van der Waals surface area contributed by atoms with E-state index >= 15 is 0 Å². The van der Waals surface area contributed by atoms with Gasteiger partial charge in [-0.15, -0.1) is 0 Å². The third-order valence-electron chi connectivity index (χ3n) is 3.65. The molecule has 100 valence electrons. The summed E-state index contributed by atoms with van der Waals surface area (Å²) in [4.78, 5) is 23.3. The van der Waals surface area contributed by atoms with Crippen molar-refractivity contribution in [1.29, 1.82) is 0 Å². The van der Waals surface area contributed by atoms with Crippen LogP contribution in [0.15, 0.2) is 12.2 Å². The van der Waals surface area contributed by atoms with Gasteiger partial charge in [-0.25, -0.2) is 0 Å². The van der Waals surface area contributed by atoms with E-state index in [0.29, 0.717) is 26.1 Å². The summed E-state index contributed by atoms with van der Waals surface area (Å²) in [6, 6.07) is 0.131. The number of ether oxygens (including phenoxy) is 1. The number of hydrogen-bond donors (Lipinski definition) is 2. The van der Waals surface area contributed by atoms with Crippen LogP contribution in [0.5, 0.6) is 0 Å². The maximum Gasteiger partial charge on any atom is 0.307 e. The fraction of sp³-hybridized carbons (Fsp3) is 0.692. The second-order valence-corrected chi connectivity index (χ2v) is 4.89. The molecule has 1 aliphatic heterocycles. The molecule has 0 aromatic carbocycles. The lowest BCUT2D eigenvalue weighted by Crippen LogP contribution is -2.45. The summed E-state index contributed by atoms with van der Waals surface area (Å²) in [7, 11) is 0. The van der Waals surface area contributed by atoms with Gasteiger partial charge < -0.3 is 15.2 Å². The zero-order chi connectivity index (χ0) is 13.0. The van der Waals surface area contributed by atoms with Crippen molar-refractivity contribution in [3.8, 4) is 0 Å². The Morgan fingerprint density at radius 3 is 2.33 bits per heavy atom. The number of carboxylic acids is 1. The lowest BCUT2D eigenvalue weighted by atomic mass is 9.82. The van der Waals surface area contributed by atoms with E-state index in [1.165, 1.54) is 0 Å². The van der Waals surface area contributed by atoms with Crippen LogP contribution in [-0.4, -0.2) is 36.2 Å². The molecule has 1 aliphatic carbocycles. The Labute approximate surface area is 106 Å². The number of carboxylic acid groups (broad SMARTS) is 1. The predicted molar refractivity (Wildman–Crippen MR) is 65.0 cm³/mol. The van der Waals surface area contributed by atoms with E-state index < -0.39 is 17.8 Å². The molecule has 2 aliphatic rings. The van der Waals surface area contributed by atoms with Gasteiger partial charge in [-0.1, -0.05) is 12.2 Å². The fourth-order valence-corrected chi connectivity index (χ4v) is 2.53. The smallest absolute Gasteiger partial charge is 0.307 e. The molecular weight excluding hydrogens is 234 g/mol. The molecule has 0 saturated carbocycles. The van der Waals surface area contributed by atoms with Crippen LogP contribution in [0.4, 0.5) is 0 Å². The Morgan fingerprint density at radius 2 is 1.72 bits per heavy atom. The molecule has 2 rings (SSSR count). The minimum absolute atomic E-state index is 0.126. The minimum atomic E-state index is -0.883. The first kappa shape index (κ1) is 13.1. The third-order valence-corrected chi connectivity index (χ3v) is 3.65. The minimum Gasteiger partial charge on any atom is -0.481 e.